The van der Waals surface area contributed by atoms with Crippen molar-refractivity contribution in [3.63, 3.8) is 0 Å². The fraction of sp³-hybridized carbons (Fsp3) is 0.400. The third kappa shape index (κ3) is 6.14. The number of hydrogen-bond acceptors (Lipinski definition) is 6. The average Bonchev–Trinajstić information content (AvgIpc) is 3.37. The van der Waals surface area contributed by atoms with E-state index in [4.69, 9.17) is 14.9 Å². The lowest BCUT2D eigenvalue weighted by molar-refractivity contribution is 0.0376. The molecule has 3 heterocycles. The molecule has 0 atom stereocenters. The molecule has 3 aromatic rings. The number of benzene rings is 1. The Morgan fingerprint density at radius 3 is 2.86 bits per heavy atom. The summed E-state index contributed by atoms with van der Waals surface area (Å²) in [6, 6.07) is 11.9. The van der Waals surface area contributed by atoms with Gasteiger partial charge in [0, 0.05) is 19.6 Å². The highest BCUT2D eigenvalue weighted by molar-refractivity contribution is 14.0. The van der Waals surface area contributed by atoms with Crippen molar-refractivity contribution in [1.82, 2.24) is 15.2 Å². The molecule has 1 aromatic carbocycles. The van der Waals surface area contributed by atoms with Gasteiger partial charge in [-0.05, 0) is 37.2 Å². The minimum atomic E-state index is 0. The molecule has 2 aromatic heterocycles. The minimum absolute atomic E-state index is 0. The first-order valence-electron chi connectivity index (χ1n) is 9.56. The Morgan fingerprint density at radius 2 is 2.03 bits per heavy atom. The molecule has 4 rings (SSSR count). The number of aliphatic imine (C=N–C) groups is 1. The summed E-state index contributed by atoms with van der Waals surface area (Å²) in [6.45, 7) is 5.96. The van der Waals surface area contributed by atoms with E-state index >= 15 is 0 Å². The molecule has 29 heavy (non-hydrogen) atoms. The van der Waals surface area contributed by atoms with E-state index in [1.54, 1.807) is 11.3 Å². The van der Waals surface area contributed by atoms with Gasteiger partial charge in [0.1, 0.15) is 12.3 Å². The van der Waals surface area contributed by atoms with Crippen LogP contribution in [0, 0.1) is 0 Å². The molecule has 3 N–H and O–H groups in total. The van der Waals surface area contributed by atoms with Gasteiger partial charge < -0.3 is 20.2 Å². The normalized spacial score (nSPS) is 15.4. The largest absolute Gasteiger partial charge is 0.457 e. The van der Waals surface area contributed by atoms with Gasteiger partial charge in [-0.15, -0.1) is 35.3 Å². The number of para-hydroxylation sites is 1. The predicted octanol–water partition coefficient (Wildman–Crippen LogP) is 3.30. The number of nitrogens with one attached hydrogen (secondary N) is 1. The van der Waals surface area contributed by atoms with Gasteiger partial charge in [0.25, 0.3) is 0 Å². The molecule has 1 saturated heterocycles. The Balaban J connectivity index is 0.00000240. The summed E-state index contributed by atoms with van der Waals surface area (Å²) >= 11 is 1.62. The van der Waals surface area contributed by atoms with E-state index in [-0.39, 0.29) is 24.0 Å². The number of thiazole rings is 1. The maximum absolute atomic E-state index is 5.96. The minimum Gasteiger partial charge on any atom is -0.457 e. The van der Waals surface area contributed by atoms with Gasteiger partial charge in [0.05, 0.1) is 23.4 Å². The summed E-state index contributed by atoms with van der Waals surface area (Å²) in [7, 11) is 0. The number of hydrogen-bond donors (Lipinski definition) is 2. The summed E-state index contributed by atoms with van der Waals surface area (Å²) in [5.41, 5.74) is 6.95. The van der Waals surface area contributed by atoms with Crippen molar-refractivity contribution < 1.29 is 9.15 Å². The summed E-state index contributed by atoms with van der Waals surface area (Å²) in [5.74, 6) is 1.98. The van der Waals surface area contributed by atoms with Crippen molar-refractivity contribution in [2.45, 2.75) is 13.0 Å². The predicted molar refractivity (Wildman–Crippen MR) is 128 cm³/mol. The first-order valence-corrected chi connectivity index (χ1v) is 10.4. The van der Waals surface area contributed by atoms with Crippen molar-refractivity contribution in [3.05, 3.63) is 42.2 Å². The van der Waals surface area contributed by atoms with Crippen molar-refractivity contribution in [2.24, 2.45) is 10.7 Å². The topological polar surface area (TPSA) is 88.9 Å². The number of nitrogens with zero attached hydrogens (tertiary/aromatic N) is 3. The Bertz CT molecular complexity index is 903. The molecule has 7 nitrogen and oxygen atoms in total. The molecule has 9 heteroatoms. The monoisotopic (exact) mass is 527 g/mol. The highest BCUT2D eigenvalue weighted by Crippen LogP contribution is 2.31. The highest BCUT2D eigenvalue weighted by Gasteiger charge is 2.11. The zero-order valence-electron chi connectivity index (χ0n) is 16.2. The molecule has 0 unspecified atom stereocenters. The van der Waals surface area contributed by atoms with E-state index in [9.17, 15) is 0 Å². The lowest BCUT2D eigenvalue weighted by Crippen LogP contribution is -2.39. The number of ether oxygens (including phenoxy) is 1. The number of halogens is 1. The Hall–Kier alpha value is -1.69. The van der Waals surface area contributed by atoms with E-state index in [1.807, 2.05) is 30.3 Å². The first kappa shape index (κ1) is 22.0. The molecule has 1 aliphatic rings. The maximum atomic E-state index is 5.96. The average molecular weight is 527 g/mol. The number of nitrogens with two attached hydrogens (primary N) is 1. The standard InChI is InChI=1S/C20H25N5O2S.HI/c21-20(22-8-3-9-25-10-12-26-13-11-25)23-14-15-6-7-17(27-15)19-24-16-4-1-2-5-18(16)28-19;/h1-2,4-7H,3,8-14H2,(H3,21,22,23);1H. The maximum Gasteiger partial charge on any atom is 0.189 e. The van der Waals surface area contributed by atoms with Gasteiger partial charge in [-0.2, -0.15) is 0 Å². The van der Waals surface area contributed by atoms with Crippen LogP contribution in [0.5, 0.6) is 0 Å². The number of morpholine rings is 1. The SMILES string of the molecule is I.NC(=NCc1ccc(-c2nc3ccccc3s2)o1)NCCCN1CCOCC1. The molecule has 156 valence electrons. The highest BCUT2D eigenvalue weighted by atomic mass is 127. The van der Waals surface area contributed by atoms with Crippen LogP contribution in [0.3, 0.4) is 0 Å². The summed E-state index contributed by atoms with van der Waals surface area (Å²) in [6.07, 6.45) is 1.03. The van der Waals surface area contributed by atoms with Crippen LogP contribution in [0.4, 0.5) is 0 Å². The second kappa shape index (κ2) is 10.9. The summed E-state index contributed by atoms with van der Waals surface area (Å²) < 4.78 is 12.4. The zero-order valence-corrected chi connectivity index (χ0v) is 19.3. The smallest absolute Gasteiger partial charge is 0.189 e. The number of rotatable bonds is 7. The zero-order chi connectivity index (χ0) is 19.2. The molecule has 0 bridgehead atoms. The van der Waals surface area contributed by atoms with Crippen LogP contribution in [0.1, 0.15) is 12.2 Å². The van der Waals surface area contributed by atoms with Crippen molar-refractivity contribution in [2.75, 3.05) is 39.4 Å². The van der Waals surface area contributed by atoms with Crippen molar-refractivity contribution in [3.8, 4) is 10.8 Å². The summed E-state index contributed by atoms with van der Waals surface area (Å²) in [4.78, 5) is 11.4. The van der Waals surface area contributed by atoms with Gasteiger partial charge in [-0.3, -0.25) is 4.90 Å². The van der Waals surface area contributed by atoms with E-state index in [0.717, 1.165) is 72.6 Å². The fourth-order valence-corrected chi connectivity index (χ4v) is 4.05. The molecule has 0 aliphatic carbocycles. The molecule has 0 saturated carbocycles. The van der Waals surface area contributed by atoms with E-state index in [0.29, 0.717) is 12.5 Å². The van der Waals surface area contributed by atoms with Crippen molar-refractivity contribution >= 4 is 51.5 Å². The van der Waals surface area contributed by atoms with Gasteiger partial charge >= 0.3 is 0 Å². The van der Waals surface area contributed by atoms with Crippen LogP contribution in [0.15, 0.2) is 45.8 Å². The number of fused-ring (bicyclic) bond motifs is 1. The Kier molecular flexibility index (Phi) is 8.28. The second-order valence-electron chi connectivity index (χ2n) is 6.69. The first-order chi connectivity index (χ1) is 13.8. The van der Waals surface area contributed by atoms with Gasteiger partial charge in [0.15, 0.2) is 16.7 Å². The Labute approximate surface area is 191 Å². The molecule has 0 radical (unpaired) electrons. The third-order valence-electron chi connectivity index (χ3n) is 4.63. The number of guanidine groups is 1. The molecule has 0 spiro atoms. The van der Waals surface area contributed by atoms with Crippen LogP contribution in [0.25, 0.3) is 21.0 Å². The lowest BCUT2D eigenvalue weighted by Gasteiger charge is -2.26. The van der Waals surface area contributed by atoms with Gasteiger partial charge in [-0.25, -0.2) is 9.98 Å². The molecule has 1 aliphatic heterocycles. The van der Waals surface area contributed by atoms with Gasteiger partial charge in [0.2, 0.25) is 0 Å². The van der Waals surface area contributed by atoms with Crippen LogP contribution >= 0.6 is 35.3 Å². The lowest BCUT2D eigenvalue weighted by atomic mass is 10.3. The van der Waals surface area contributed by atoms with E-state index in [1.165, 1.54) is 0 Å². The molecule has 1 fully saturated rings. The van der Waals surface area contributed by atoms with Crippen LogP contribution in [-0.4, -0.2) is 55.2 Å². The summed E-state index contributed by atoms with van der Waals surface area (Å²) in [5, 5.41) is 4.05. The third-order valence-corrected chi connectivity index (χ3v) is 5.68. The second-order valence-corrected chi connectivity index (χ2v) is 7.72. The number of aromatic nitrogens is 1. The van der Waals surface area contributed by atoms with E-state index < -0.39 is 0 Å². The molecular formula is C20H26IN5O2S. The Morgan fingerprint density at radius 1 is 1.21 bits per heavy atom. The molecule has 0 amide bonds. The number of furan rings is 1. The quantitative estimate of drug-likeness (QED) is 0.212. The van der Waals surface area contributed by atoms with E-state index in [2.05, 4.69) is 26.3 Å². The fourth-order valence-electron chi connectivity index (χ4n) is 3.12. The molecular weight excluding hydrogens is 501 g/mol. The van der Waals surface area contributed by atoms with Crippen LogP contribution in [-0.2, 0) is 11.3 Å². The van der Waals surface area contributed by atoms with Gasteiger partial charge in [-0.1, -0.05) is 12.1 Å². The van der Waals surface area contributed by atoms with Crippen molar-refractivity contribution in [1.29, 1.82) is 0 Å². The van der Waals surface area contributed by atoms with Crippen LogP contribution < -0.4 is 11.1 Å². The van der Waals surface area contributed by atoms with Crippen LogP contribution in [0.2, 0.25) is 0 Å².